The standard InChI is InChI=1S/C16H18BrNOS/c1-11(6-12-4-5-20-10-12)18-9-15-8-13-7-14(17)2-3-16(13)19-15/h2-5,7,10-11,15,18H,6,8-9H2,1H3. The second-order valence-corrected chi connectivity index (χ2v) is 7.04. The lowest BCUT2D eigenvalue weighted by Gasteiger charge is -2.17. The van der Waals surface area contributed by atoms with Crippen molar-refractivity contribution in [3.05, 3.63) is 50.6 Å². The molecule has 3 rings (SSSR count). The largest absolute Gasteiger partial charge is 0.488 e. The van der Waals surface area contributed by atoms with E-state index in [4.69, 9.17) is 4.74 Å². The van der Waals surface area contributed by atoms with Gasteiger partial charge in [0.05, 0.1) is 0 Å². The summed E-state index contributed by atoms with van der Waals surface area (Å²) in [6.07, 6.45) is 2.33. The van der Waals surface area contributed by atoms with Crippen molar-refractivity contribution in [2.24, 2.45) is 0 Å². The molecule has 0 aliphatic carbocycles. The van der Waals surface area contributed by atoms with Gasteiger partial charge in [0, 0.05) is 23.5 Å². The van der Waals surface area contributed by atoms with E-state index in [0.717, 1.165) is 29.6 Å². The minimum Gasteiger partial charge on any atom is -0.488 e. The topological polar surface area (TPSA) is 21.3 Å². The number of thiophene rings is 1. The molecule has 2 heterocycles. The molecule has 0 spiro atoms. The predicted octanol–water partition coefficient (Wildman–Crippen LogP) is 4.03. The molecule has 0 fully saturated rings. The zero-order valence-electron chi connectivity index (χ0n) is 11.4. The Kier molecular flexibility index (Phi) is 4.44. The number of hydrogen-bond donors (Lipinski definition) is 1. The van der Waals surface area contributed by atoms with Crippen molar-refractivity contribution < 1.29 is 4.74 Å². The second kappa shape index (κ2) is 6.29. The molecular weight excluding hydrogens is 334 g/mol. The third-order valence-electron chi connectivity index (χ3n) is 3.58. The molecule has 1 aromatic carbocycles. The van der Waals surface area contributed by atoms with Crippen molar-refractivity contribution in [3.63, 3.8) is 0 Å². The minimum absolute atomic E-state index is 0.254. The van der Waals surface area contributed by atoms with Crippen LogP contribution >= 0.6 is 27.3 Å². The van der Waals surface area contributed by atoms with Crippen LogP contribution in [0.2, 0.25) is 0 Å². The van der Waals surface area contributed by atoms with Gasteiger partial charge in [0.1, 0.15) is 11.9 Å². The Morgan fingerprint density at radius 3 is 3.15 bits per heavy atom. The third kappa shape index (κ3) is 3.43. The molecule has 1 aromatic heterocycles. The van der Waals surface area contributed by atoms with Crippen LogP contribution in [0.15, 0.2) is 39.5 Å². The summed E-state index contributed by atoms with van der Waals surface area (Å²) >= 11 is 5.27. The summed E-state index contributed by atoms with van der Waals surface area (Å²) < 4.78 is 7.09. The Morgan fingerprint density at radius 2 is 2.35 bits per heavy atom. The Morgan fingerprint density at radius 1 is 1.45 bits per heavy atom. The van der Waals surface area contributed by atoms with Gasteiger partial charge in [-0.25, -0.2) is 0 Å². The quantitative estimate of drug-likeness (QED) is 0.877. The Bertz CT molecular complexity index is 570. The molecule has 0 radical (unpaired) electrons. The maximum atomic E-state index is 5.97. The molecule has 2 nitrogen and oxygen atoms in total. The lowest BCUT2D eigenvalue weighted by molar-refractivity contribution is 0.222. The maximum Gasteiger partial charge on any atom is 0.123 e. The first-order valence-corrected chi connectivity index (χ1v) is 8.64. The summed E-state index contributed by atoms with van der Waals surface area (Å²) in [5.41, 5.74) is 2.71. The SMILES string of the molecule is CC(Cc1ccsc1)NCC1Cc2cc(Br)ccc2O1. The maximum absolute atomic E-state index is 5.97. The first kappa shape index (κ1) is 14.1. The Labute approximate surface area is 132 Å². The van der Waals surface area contributed by atoms with Crippen molar-refractivity contribution >= 4 is 27.3 Å². The van der Waals surface area contributed by atoms with Crippen LogP contribution in [0, 0.1) is 0 Å². The smallest absolute Gasteiger partial charge is 0.123 e. The molecule has 2 unspecified atom stereocenters. The van der Waals surface area contributed by atoms with E-state index >= 15 is 0 Å². The molecular formula is C16H18BrNOS. The van der Waals surface area contributed by atoms with Gasteiger partial charge in [0.25, 0.3) is 0 Å². The van der Waals surface area contributed by atoms with E-state index in [9.17, 15) is 0 Å². The summed E-state index contributed by atoms with van der Waals surface area (Å²) in [6.45, 7) is 3.13. The van der Waals surface area contributed by atoms with E-state index in [-0.39, 0.29) is 6.10 Å². The summed E-state index contributed by atoms with van der Waals surface area (Å²) in [6, 6.07) is 8.91. The van der Waals surface area contributed by atoms with E-state index in [0.29, 0.717) is 6.04 Å². The van der Waals surface area contributed by atoms with E-state index < -0.39 is 0 Å². The third-order valence-corrected chi connectivity index (χ3v) is 4.81. The number of rotatable bonds is 5. The lowest BCUT2D eigenvalue weighted by Crippen LogP contribution is -2.36. The minimum atomic E-state index is 0.254. The number of hydrogen-bond acceptors (Lipinski definition) is 3. The summed E-state index contributed by atoms with van der Waals surface area (Å²) in [4.78, 5) is 0. The highest BCUT2D eigenvalue weighted by molar-refractivity contribution is 9.10. The highest BCUT2D eigenvalue weighted by atomic mass is 79.9. The average molecular weight is 352 g/mol. The average Bonchev–Trinajstić information content (AvgIpc) is 3.04. The van der Waals surface area contributed by atoms with E-state index in [1.807, 2.05) is 12.1 Å². The van der Waals surface area contributed by atoms with Gasteiger partial charge < -0.3 is 10.1 Å². The molecule has 2 atom stereocenters. The molecule has 0 amide bonds. The van der Waals surface area contributed by atoms with Crippen LogP contribution < -0.4 is 10.1 Å². The molecule has 1 aliphatic rings. The molecule has 106 valence electrons. The molecule has 2 aromatic rings. The van der Waals surface area contributed by atoms with Gasteiger partial charge >= 0.3 is 0 Å². The van der Waals surface area contributed by atoms with E-state index in [1.54, 1.807) is 11.3 Å². The highest BCUT2D eigenvalue weighted by Gasteiger charge is 2.23. The summed E-state index contributed by atoms with van der Waals surface area (Å²) in [7, 11) is 0. The highest BCUT2D eigenvalue weighted by Crippen LogP contribution is 2.30. The van der Waals surface area contributed by atoms with Crippen LogP contribution in [0.3, 0.4) is 0 Å². The van der Waals surface area contributed by atoms with Gasteiger partial charge in [-0.05, 0) is 59.5 Å². The first-order valence-electron chi connectivity index (χ1n) is 6.90. The fraction of sp³-hybridized carbons (Fsp3) is 0.375. The number of ether oxygens (including phenoxy) is 1. The fourth-order valence-corrected chi connectivity index (χ4v) is 3.66. The summed E-state index contributed by atoms with van der Waals surface area (Å²) in [5, 5.41) is 7.94. The number of fused-ring (bicyclic) bond motifs is 1. The van der Waals surface area contributed by atoms with Crippen LogP contribution in [-0.2, 0) is 12.8 Å². The fourth-order valence-electron chi connectivity index (χ4n) is 2.57. The van der Waals surface area contributed by atoms with E-state index in [2.05, 4.69) is 51.1 Å². The van der Waals surface area contributed by atoms with E-state index in [1.165, 1.54) is 11.1 Å². The van der Waals surface area contributed by atoms with Gasteiger partial charge in [0.2, 0.25) is 0 Å². The normalized spacial score (nSPS) is 18.6. The van der Waals surface area contributed by atoms with Gasteiger partial charge in [-0.2, -0.15) is 11.3 Å². The zero-order chi connectivity index (χ0) is 13.9. The molecule has 0 bridgehead atoms. The van der Waals surface area contributed by atoms with Crippen LogP contribution in [0.1, 0.15) is 18.1 Å². The van der Waals surface area contributed by atoms with Crippen LogP contribution in [0.4, 0.5) is 0 Å². The van der Waals surface area contributed by atoms with Crippen molar-refractivity contribution in [3.8, 4) is 5.75 Å². The van der Waals surface area contributed by atoms with Gasteiger partial charge in [-0.1, -0.05) is 15.9 Å². The number of halogens is 1. The molecule has 4 heteroatoms. The number of nitrogens with one attached hydrogen (secondary N) is 1. The molecule has 0 saturated heterocycles. The Balaban J connectivity index is 1.48. The predicted molar refractivity (Wildman–Crippen MR) is 87.7 cm³/mol. The van der Waals surface area contributed by atoms with Crippen molar-refractivity contribution in [1.82, 2.24) is 5.32 Å². The van der Waals surface area contributed by atoms with Crippen LogP contribution in [0.5, 0.6) is 5.75 Å². The van der Waals surface area contributed by atoms with Gasteiger partial charge in [-0.15, -0.1) is 0 Å². The summed E-state index contributed by atoms with van der Waals surface area (Å²) in [5.74, 6) is 1.03. The van der Waals surface area contributed by atoms with Crippen molar-refractivity contribution in [2.75, 3.05) is 6.54 Å². The second-order valence-electron chi connectivity index (χ2n) is 5.34. The van der Waals surface area contributed by atoms with Gasteiger partial charge in [0.15, 0.2) is 0 Å². The van der Waals surface area contributed by atoms with Crippen LogP contribution in [0.25, 0.3) is 0 Å². The van der Waals surface area contributed by atoms with Crippen molar-refractivity contribution in [1.29, 1.82) is 0 Å². The van der Waals surface area contributed by atoms with Gasteiger partial charge in [-0.3, -0.25) is 0 Å². The monoisotopic (exact) mass is 351 g/mol. The zero-order valence-corrected chi connectivity index (χ0v) is 13.8. The molecule has 1 N–H and O–H groups in total. The molecule has 20 heavy (non-hydrogen) atoms. The number of benzene rings is 1. The lowest BCUT2D eigenvalue weighted by atomic mass is 10.1. The van der Waals surface area contributed by atoms with Crippen molar-refractivity contribution in [2.45, 2.75) is 31.9 Å². The molecule has 1 aliphatic heterocycles. The first-order chi connectivity index (χ1) is 9.70. The molecule has 0 saturated carbocycles. The Hall–Kier alpha value is -0.840. The van der Waals surface area contributed by atoms with Crippen LogP contribution in [-0.4, -0.2) is 18.7 Å².